The molecule has 0 bridgehead atoms. The van der Waals surface area contributed by atoms with E-state index in [4.69, 9.17) is 30.5 Å². The number of hydrogen-bond donors (Lipinski definition) is 0. The molecular formula is C31H37Cl2N3O5S. The van der Waals surface area contributed by atoms with Crippen molar-refractivity contribution in [2.45, 2.75) is 16.2 Å². The Bertz CT molecular complexity index is 1350. The zero-order chi connectivity index (χ0) is 28.8. The summed E-state index contributed by atoms with van der Waals surface area (Å²) < 4.78 is 21.6. The molecule has 0 radical (unpaired) electrons. The average molecular weight is 635 g/mol. The van der Waals surface area contributed by atoms with Gasteiger partial charge in [-0.2, -0.15) is 0 Å². The first-order valence-corrected chi connectivity index (χ1v) is 15.0. The van der Waals surface area contributed by atoms with Crippen molar-refractivity contribution in [1.82, 2.24) is 9.80 Å². The molecule has 0 amide bonds. The number of benzene rings is 3. The summed E-state index contributed by atoms with van der Waals surface area (Å²) in [6, 6.07) is 18.0. The van der Waals surface area contributed by atoms with Crippen molar-refractivity contribution < 1.29 is 23.7 Å². The number of methoxy groups -OCH3 is 3. The van der Waals surface area contributed by atoms with Crippen molar-refractivity contribution >= 4 is 53.1 Å². The van der Waals surface area contributed by atoms with E-state index >= 15 is 0 Å². The summed E-state index contributed by atoms with van der Waals surface area (Å²) in [5, 5.41) is 0.763. The Balaban J connectivity index is 0.00000405. The van der Waals surface area contributed by atoms with Gasteiger partial charge in [-0.15, -0.1) is 12.4 Å². The molecule has 0 aromatic heterocycles. The lowest BCUT2D eigenvalue weighted by Gasteiger charge is -2.36. The minimum absolute atomic E-state index is 0. The number of hydrogen-bond acceptors (Lipinski definition) is 9. The predicted octanol–water partition coefficient (Wildman–Crippen LogP) is 6.26. The molecule has 0 saturated carbocycles. The van der Waals surface area contributed by atoms with E-state index in [2.05, 4.69) is 51.1 Å². The van der Waals surface area contributed by atoms with E-state index in [1.807, 2.05) is 6.07 Å². The van der Waals surface area contributed by atoms with Crippen LogP contribution in [-0.2, 0) is 4.74 Å². The number of carbonyl (C=O) groups excluding carboxylic acids is 1. The minimum Gasteiger partial charge on any atom is -0.493 e. The highest BCUT2D eigenvalue weighted by atomic mass is 35.5. The van der Waals surface area contributed by atoms with Crippen LogP contribution in [0.3, 0.4) is 0 Å². The second-order valence-corrected chi connectivity index (χ2v) is 11.4. The lowest BCUT2D eigenvalue weighted by molar-refractivity contribution is 0.0422. The van der Waals surface area contributed by atoms with Crippen molar-refractivity contribution in [2.24, 2.45) is 0 Å². The van der Waals surface area contributed by atoms with E-state index in [1.165, 1.54) is 42.5 Å². The van der Waals surface area contributed by atoms with Crippen LogP contribution < -0.4 is 19.1 Å². The van der Waals surface area contributed by atoms with Crippen molar-refractivity contribution in [3.63, 3.8) is 0 Å². The molecule has 3 aromatic rings. The molecule has 0 spiro atoms. The first kappa shape index (κ1) is 32.1. The third-order valence-electron chi connectivity index (χ3n) is 7.45. The Labute approximate surface area is 263 Å². The molecule has 0 aliphatic carbocycles. The summed E-state index contributed by atoms with van der Waals surface area (Å²) in [4.78, 5) is 22.5. The van der Waals surface area contributed by atoms with Gasteiger partial charge in [-0.05, 0) is 55.4 Å². The van der Waals surface area contributed by atoms with Gasteiger partial charge in [0, 0.05) is 54.1 Å². The highest BCUT2D eigenvalue weighted by Crippen LogP contribution is 2.48. The van der Waals surface area contributed by atoms with Gasteiger partial charge in [0.15, 0.2) is 11.5 Å². The predicted molar refractivity (Wildman–Crippen MR) is 170 cm³/mol. The van der Waals surface area contributed by atoms with Crippen LogP contribution in [-0.4, -0.2) is 89.5 Å². The van der Waals surface area contributed by atoms with Gasteiger partial charge in [-0.25, -0.2) is 4.79 Å². The Morgan fingerprint density at radius 1 is 0.810 bits per heavy atom. The highest BCUT2D eigenvalue weighted by Gasteiger charge is 2.24. The molecule has 42 heavy (non-hydrogen) atoms. The van der Waals surface area contributed by atoms with Crippen molar-refractivity contribution in [1.29, 1.82) is 0 Å². The smallest absolute Gasteiger partial charge is 0.338 e. The second kappa shape index (κ2) is 15.1. The topological polar surface area (TPSA) is 63.7 Å². The molecule has 1 saturated heterocycles. The Hall–Kier alpha value is -2.82. The van der Waals surface area contributed by atoms with E-state index < -0.39 is 5.97 Å². The molecule has 3 aromatic carbocycles. The van der Waals surface area contributed by atoms with Crippen LogP contribution in [0.1, 0.15) is 16.8 Å². The summed E-state index contributed by atoms with van der Waals surface area (Å²) in [5.74, 6) is 0.874. The van der Waals surface area contributed by atoms with E-state index in [9.17, 15) is 4.79 Å². The summed E-state index contributed by atoms with van der Waals surface area (Å²) in [5.41, 5.74) is 2.80. The lowest BCUT2D eigenvalue weighted by Crippen LogP contribution is -2.47. The molecule has 5 rings (SSSR count). The number of para-hydroxylation sites is 1. The summed E-state index contributed by atoms with van der Waals surface area (Å²) in [6.07, 6.45) is 1.05. The van der Waals surface area contributed by atoms with Gasteiger partial charge in [-0.1, -0.05) is 35.5 Å². The molecule has 0 unspecified atom stereocenters. The maximum Gasteiger partial charge on any atom is 0.338 e. The zero-order valence-corrected chi connectivity index (χ0v) is 26.5. The molecule has 0 atom stereocenters. The minimum atomic E-state index is -0.413. The fourth-order valence-electron chi connectivity index (χ4n) is 5.28. The van der Waals surface area contributed by atoms with Crippen molar-refractivity contribution in [3.05, 3.63) is 65.2 Å². The third-order valence-corrected chi connectivity index (χ3v) is 8.82. The first-order valence-electron chi connectivity index (χ1n) is 13.8. The fraction of sp³-hybridized carbons (Fsp3) is 0.387. The van der Waals surface area contributed by atoms with Gasteiger partial charge in [0.2, 0.25) is 5.75 Å². The molecule has 11 heteroatoms. The number of esters is 1. The number of halogens is 2. The Kier molecular flexibility index (Phi) is 11.5. The lowest BCUT2D eigenvalue weighted by atomic mass is 10.2. The molecule has 8 nitrogen and oxygen atoms in total. The van der Waals surface area contributed by atoms with E-state index in [1.54, 1.807) is 23.9 Å². The molecule has 0 N–H and O–H groups in total. The van der Waals surface area contributed by atoms with Crippen LogP contribution in [0.5, 0.6) is 17.2 Å². The van der Waals surface area contributed by atoms with Crippen LogP contribution in [0.4, 0.5) is 11.4 Å². The fourth-order valence-corrected chi connectivity index (χ4v) is 6.52. The Morgan fingerprint density at radius 3 is 2.12 bits per heavy atom. The van der Waals surface area contributed by atoms with Crippen LogP contribution in [0.2, 0.25) is 5.02 Å². The first-order chi connectivity index (χ1) is 20.0. The third kappa shape index (κ3) is 7.38. The second-order valence-electron chi connectivity index (χ2n) is 9.92. The Morgan fingerprint density at radius 2 is 1.45 bits per heavy atom. The monoisotopic (exact) mass is 633 g/mol. The van der Waals surface area contributed by atoms with Crippen LogP contribution >= 0.6 is 35.8 Å². The van der Waals surface area contributed by atoms with Gasteiger partial charge < -0.3 is 28.7 Å². The average Bonchev–Trinajstić information content (AvgIpc) is 3.00. The number of anilines is 2. The molecule has 2 aliphatic heterocycles. The van der Waals surface area contributed by atoms with E-state index in [-0.39, 0.29) is 12.4 Å². The van der Waals surface area contributed by atoms with Gasteiger partial charge >= 0.3 is 5.97 Å². The van der Waals surface area contributed by atoms with Gasteiger partial charge in [0.05, 0.1) is 38.3 Å². The number of fused-ring (bicyclic) bond motifs is 2. The van der Waals surface area contributed by atoms with Crippen LogP contribution in [0.15, 0.2) is 64.4 Å². The summed E-state index contributed by atoms with van der Waals surface area (Å²) in [7, 11) is 4.57. The standard InChI is InChI=1S/C31H36ClN3O5S.ClH/c1-37-26-19-22(20-27(38-2)30(26)39-3)31(36)40-18-17-34-15-13-33(14-16-34)11-6-12-35-24-7-4-5-8-28(24)41-29-10-9-23(32)21-25(29)35;/h4-5,7-10,19-21H,6,11-18H2,1-3H3;1H. The molecule has 2 aliphatic rings. The van der Waals surface area contributed by atoms with Crippen LogP contribution in [0.25, 0.3) is 0 Å². The van der Waals surface area contributed by atoms with Gasteiger partial charge in [0.25, 0.3) is 0 Å². The number of carbonyl (C=O) groups is 1. The molecule has 226 valence electrons. The van der Waals surface area contributed by atoms with Crippen molar-refractivity contribution in [3.8, 4) is 17.2 Å². The number of ether oxygens (including phenoxy) is 4. The highest BCUT2D eigenvalue weighted by molar-refractivity contribution is 7.99. The molecule has 2 heterocycles. The van der Waals surface area contributed by atoms with E-state index in [0.29, 0.717) is 36.0 Å². The number of nitrogens with zero attached hydrogens (tertiary/aromatic N) is 3. The van der Waals surface area contributed by atoms with Crippen molar-refractivity contribution in [2.75, 3.05) is 78.6 Å². The number of rotatable bonds is 11. The zero-order valence-electron chi connectivity index (χ0n) is 24.1. The van der Waals surface area contributed by atoms with Crippen LogP contribution in [0, 0.1) is 0 Å². The quantitative estimate of drug-likeness (QED) is 0.228. The van der Waals surface area contributed by atoms with Gasteiger partial charge in [0.1, 0.15) is 6.61 Å². The SMILES string of the molecule is COc1cc(C(=O)OCCN2CCN(CCCN3c4ccccc4Sc4ccc(Cl)cc43)CC2)cc(OC)c1OC.Cl. The molecule has 1 fully saturated rings. The van der Waals surface area contributed by atoms with E-state index in [0.717, 1.165) is 50.7 Å². The molecular weight excluding hydrogens is 597 g/mol. The normalized spacial score (nSPS) is 14.8. The maximum atomic E-state index is 12.7. The summed E-state index contributed by atoms with van der Waals surface area (Å²) in [6.45, 7) is 6.87. The summed E-state index contributed by atoms with van der Waals surface area (Å²) >= 11 is 8.17. The number of piperazine rings is 1. The largest absolute Gasteiger partial charge is 0.493 e. The maximum absolute atomic E-state index is 12.7. The van der Waals surface area contributed by atoms with Gasteiger partial charge in [-0.3, -0.25) is 4.90 Å².